The molecule has 0 radical (unpaired) electrons. The lowest BCUT2D eigenvalue weighted by molar-refractivity contribution is 0.0528. The second kappa shape index (κ2) is 7.84. The molecular formula is C15H31N3O2. The van der Waals surface area contributed by atoms with Crippen LogP contribution in [0.25, 0.3) is 0 Å². The van der Waals surface area contributed by atoms with Crippen molar-refractivity contribution in [2.24, 2.45) is 5.92 Å². The molecule has 0 spiro atoms. The van der Waals surface area contributed by atoms with E-state index in [0.717, 1.165) is 19.0 Å². The highest BCUT2D eigenvalue weighted by Crippen LogP contribution is 2.17. The first kappa shape index (κ1) is 17.2. The molecule has 1 rings (SSSR count). The third-order valence-electron chi connectivity index (χ3n) is 3.45. The molecule has 0 bridgehead atoms. The smallest absolute Gasteiger partial charge is 0.407 e. The minimum Gasteiger partial charge on any atom is -0.444 e. The summed E-state index contributed by atoms with van der Waals surface area (Å²) in [5.41, 5.74) is -0.429. The molecule has 1 unspecified atom stereocenters. The lowest BCUT2D eigenvalue weighted by Gasteiger charge is -2.20. The Morgan fingerprint density at radius 2 is 2.05 bits per heavy atom. The van der Waals surface area contributed by atoms with Crippen molar-refractivity contribution < 1.29 is 9.53 Å². The van der Waals surface area contributed by atoms with E-state index in [1.807, 2.05) is 20.8 Å². The molecule has 1 saturated heterocycles. The van der Waals surface area contributed by atoms with E-state index in [-0.39, 0.29) is 6.09 Å². The molecular weight excluding hydrogens is 254 g/mol. The molecule has 2 N–H and O–H groups in total. The molecule has 0 aliphatic carbocycles. The van der Waals surface area contributed by atoms with E-state index in [9.17, 15) is 4.79 Å². The molecule has 0 aromatic heterocycles. The van der Waals surface area contributed by atoms with Crippen molar-refractivity contribution >= 4 is 6.09 Å². The van der Waals surface area contributed by atoms with E-state index in [1.54, 1.807) is 0 Å². The zero-order chi connectivity index (χ0) is 15.2. The summed E-state index contributed by atoms with van der Waals surface area (Å²) in [4.78, 5) is 13.9. The minimum absolute atomic E-state index is 0.342. The van der Waals surface area contributed by atoms with Crippen LogP contribution in [0.15, 0.2) is 0 Å². The topological polar surface area (TPSA) is 53.6 Å². The first-order chi connectivity index (χ1) is 9.28. The Morgan fingerprint density at radius 1 is 1.35 bits per heavy atom. The Hall–Kier alpha value is -0.810. The van der Waals surface area contributed by atoms with Gasteiger partial charge in [-0.15, -0.1) is 0 Å². The Morgan fingerprint density at radius 3 is 2.60 bits per heavy atom. The molecule has 1 amide bonds. The van der Waals surface area contributed by atoms with Crippen molar-refractivity contribution in [1.82, 2.24) is 15.5 Å². The fraction of sp³-hybridized carbons (Fsp3) is 0.933. The van der Waals surface area contributed by atoms with E-state index in [1.165, 1.54) is 19.5 Å². The van der Waals surface area contributed by atoms with Crippen LogP contribution in [0.2, 0.25) is 0 Å². The lowest BCUT2D eigenvalue weighted by atomic mass is 10.1. The Bertz CT molecular complexity index is 300. The van der Waals surface area contributed by atoms with Crippen LogP contribution in [0.1, 0.15) is 41.0 Å². The number of rotatable bonds is 6. The maximum absolute atomic E-state index is 11.4. The summed E-state index contributed by atoms with van der Waals surface area (Å²) in [6.45, 7) is 14.9. The quantitative estimate of drug-likeness (QED) is 0.731. The van der Waals surface area contributed by atoms with Crippen LogP contribution < -0.4 is 10.6 Å². The van der Waals surface area contributed by atoms with Crippen LogP contribution in [0, 0.1) is 5.92 Å². The Labute approximate surface area is 123 Å². The molecule has 1 aliphatic heterocycles. The van der Waals surface area contributed by atoms with E-state index >= 15 is 0 Å². The van der Waals surface area contributed by atoms with Crippen molar-refractivity contribution in [3.8, 4) is 0 Å². The van der Waals surface area contributed by atoms with Gasteiger partial charge in [-0.1, -0.05) is 0 Å². The largest absolute Gasteiger partial charge is 0.444 e. The third-order valence-corrected chi connectivity index (χ3v) is 3.45. The van der Waals surface area contributed by atoms with Gasteiger partial charge in [-0.05, 0) is 60.0 Å². The highest BCUT2D eigenvalue weighted by molar-refractivity contribution is 5.67. The van der Waals surface area contributed by atoms with Gasteiger partial charge in [0.2, 0.25) is 0 Å². The minimum atomic E-state index is -0.429. The normalized spacial score (nSPS) is 20.4. The van der Waals surface area contributed by atoms with Crippen LogP contribution in [-0.2, 0) is 4.74 Å². The molecule has 5 nitrogen and oxygen atoms in total. The molecule has 1 aliphatic rings. The van der Waals surface area contributed by atoms with Gasteiger partial charge in [-0.3, -0.25) is 0 Å². The molecule has 0 aromatic rings. The van der Waals surface area contributed by atoms with Crippen molar-refractivity contribution in [3.63, 3.8) is 0 Å². The molecule has 5 heteroatoms. The molecule has 1 heterocycles. The first-order valence-electron chi connectivity index (χ1n) is 7.69. The summed E-state index contributed by atoms with van der Waals surface area (Å²) in [5, 5.41) is 6.17. The number of nitrogens with one attached hydrogen (secondary N) is 2. The second-order valence-corrected chi connectivity index (χ2v) is 6.88. The summed E-state index contributed by atoms with van der Waals surface area (Å²) >= 11 is 0. The lowest BCUT2D eigenvalue weighted by Crippen LogP contribution is -2.37. The number of carbonyl (C=O) groups excluding carboxylic acids is 1. The molecule has 20 heavy (non-hydrogen) atoms. The Kier molecular flexibility index (Phi) is 6.76. The number of ether oxygens (including phenoxy) is 1. The second-order valence-electron chi connectivity index (χ2n) is 6.88. The van der Waals surface area contributed by atoms with Gasteiger partial charge >= 0.3 is 6.09 Å². The van der Waals surface area contributed by atoms with Crippen LogP contribution in [0.3, 0.4) is 0 Å². The standard InChI is InChI=1S/C15H31N3O2/c1-12(2)18-9-6-13(11-18)10-16-7-8-17-14(19)20-15(3,4)5/h12-13,16H,6-11H2,1-5H3,(H,17,19). The molecule has 0 saturated carbocycles. The third kappa shape index (κ3) is 7.10. The van der Waals surface area contributed by atoms with Gasteiger partial charge in [0, 0.05) is 25.7 Å². The number of likely N-dealkylation sites (tertiary alicyclic amines) is 1. The SMILES string of the molecule is CC(C)N1CCC(CNCCNC(=O)OC(C)(C)C)C1. The highest BCUT2D eigenvalue weighted by Gasteiger charge is 2.23. The van der Waals surface area contributed by atoms with Crippen LogP contribution in [-0.4, -0.2) is 55.4 Å². The summed E-state index contributed by atoms with van der Waals surface area (Å²) < 4.78 is 5.17. The summed E-state index contributed by atoms with van der Waals surface area (Å²) in [5.74, 6) is 0.735. The summed E-state index contributed by atoms with van der Waals surface area (Å²) in [6, 6.07) is 0.647. The first-order valence-corrected chi connectivity index (χ1v) is 7.69. The van der Waals surface area contributed by atoms with E-state index in [2.05, 4.69) is 29.4 Å². The Balaban J connectivity index is 2.02. The van der Waals surface area contributed by atoms with Gasteiger partial charge in [0.15, 0.2) is 0 Å². The van der Waals surface area contributed by atoms with E-state index < -0.39 is 5.60 Å². The molecule has 0 aromatic carbocycles. The van der Waals surface area contributed by atoms with Crippen molar-refractivity contribution in [3.05, 3.63) is 0 Å². The average Bonchev–Trinajstić information content (AvgIpc) is 2.75. The number of carbonyl (C=O) groups is 1. The van der Waals surface area contributed by atoms with Gasteiger partial charge in [-0.2, -0.15) is 0 Å². The number of amides is 1. The van der Waals surface area contributed by atoms with Crippen LogP contribution in [0.5, 0.6) is 0 Å². The maximum atomic E-state index is 11.4. The predicted molar refractivity (Wildman–Crippen MR) is 81.9 cm³/mol. The maximum Gasteiger partial charge on any atom is 0.407 e. The van der Waals surface area contributed by atoms with Gasteiger partial charge in [0.25, 0.3) is 0 Å². The summed E-state index contributed by atoms with van der Waals surface area (Å²) in [7, 11) is 0. The van der Waals surface area contributed by atoms with Crippen molar-refractivity contribution in [2.75, 3.05) is 32.7 Å². The predicted octanol–water partition coefficient (Wildman–Crippen LogP) is 1.83. The number of hydrogen-bond donors (Lipinski definition) is 2. The number of alkyl carbamates (subject to hydrolysis) is 1. The number of nitrogens with zero attached hydrogens (tertiary/aromatic N) is 1. The van der Waals surface area contributed by atoms with Gasteiger partial charge in [0.1, 0.15) is 5.60 Å². The van der Waals surface area contributed by atoms with Crippen LogP contribution >= 0.6 is 0 Å². The fourth-order valence-electron chi connectivity index (χ4n) is 2.37. The number of hydrogen-bond acceptors (Lipinski definition) is 4. The molecule has 118 valence electrons. The van der Waals surface area contributed by atoms with Crippen LogP contribution in [0.4, 0.5) is 4.79 Å². The summed E-state index contributed by atoms with van der Waals surface area (Å²) in [6.07, 6.45) is 0.927. The van der Waals surface area contributed by atoms with E-state index in [0.29, 0.717) is 12.6 Å². The average molecular weight is 285 g/mol. The van der Waals surface area contributed by atoms with E-state index in [4.69, 9.17) is 4.74 Å². The van der Waals surface area contributed by atoms with Crippen molar-refractivity contribution in [2.45, 2.75) is 52.7 Å². The van der Waals surface area contributed by atoms with Gasteiger partial charge in [0.05, 0.1) is 0 Å². The molecule has 1 atom stereocenters. The zero-order valence-corrected chi connectivity index (χ0v) is 13.7. The highest BCUT2D eigenvalue weighted by atomic mass is 16.6. The zero-order valence-electron chi connectivity index (χ0n) is 13.7. The monoisotopic (exact) mass is 285 g/mol. The van der Waals surface area contributed by atoms with Crippen molar-refractivity contribution in [1.29, 1.82) is 0 Å². The fourth-order valence-corrected chi connectivity index (χ4v) is 2.37. The van der Waals surface area contributed by atoms with Gasteiger partial charge in [-0.25, -0.2) is 4.79 Å². The molecule has 1 fully saturated rings. The van der Waals surface area contributed by atoms with Gasteiger partial charge < -0.3 is 20.3 Å².